The predicted molar refractivity (Wildman–Crippen MR) is 114 cm³/mol. The van der Waals surface area contributed by atoms with E-state index in [-0.39, 0.29) is 24.8 Å². The Morgan fingerprint density at radius 2 is 1.23 bits per heavy atom. The Morgan fingerprint density at radius 1 is 0.767 bits per heavy atom. The molecular weight excluding hydrogens is 390 g/mol. The Labute approximate surface area is 178 Å². The average molecular weight is 430 g/mol. The Hall–Kier alpha value is -2.20. The van der Waals surface area contributed by atoms with E-state index in [9.17, 15) is 24.3 Å². The van der Waals surface area contributed by atoms with Gasteiger partial charge in [0.15, 0.2) is 0 Å². The van der Waals surface area contributed by atoms with Crippen molar-refractivity contribution in [2.75, 3.05) is 13.1 Å². The first kappa shape index (κ1) is 27.8. The SMILES string of the molecule is CC(C)CC(NC(=O)CN)C(=O)NC(CC(C)C)C(=O)NC(CCCCN)C(=O)O. The zero-order valence-corrected chi connectivity index (χ0v) is 18.6. The number of carbonyl (C=O) groups excluding carboxylic acids is 3. The standard InChI is InChI=1S/C20H39N5O5/c1-12(2)9-15(23-17(26)11-22)18(27)25-16(10-13(3)4)19(28)24-14(20(29)30)7-5-6-8-21/h12-16H,5-11,21-22H2,1-4H3,(H,23,26)(H,24,28)(H,25,27)(H,29,30). The second-order valence-corrected chi connectivity index (χ2v) is 8.33. The fourth-order valence-electron chi connectivity index (χ4n) is 2.95. The number of carboxylic acid groups (broad SMARTS) is 1. The van der Waals surface area contributed by atoms with Crippen LogP contribution in [-0.4, -0.2) is 60.0 Å². The summed E-state index contributed by atoms with van der Waals surface area (Å²) in [7, 11) is 0. The number of aliphatic carboxylic acids is 1. The van der Waals surface area contributed by atoms with Gasteiger partial charge in [0.1, 0.15) is 18.1 Å². The number of hydrogen-bond acceptors (Lipinski definition) is 6. The van der Waals surface area contributed by atoms with E-state index < -0.39 is 41.8 Å². The lowest BCUT2D eigenvalue weighted by atomic mass is 9.99. The minimum absolute atomic E-state index is 0.0729. The molecule has 3 amide bonds. The Morgan fingerprint density at radius 3 is 1.63 bits per heavy atom. The van der Waals surface area contributed by atoms with Crippen molar-refractivity contribution >= 4 is 23.7 Å². The number of nitrogens with two attached hydrogens (primary N) is 2. The van der Waals surface area contributed by atoms with Crippen molar-refractivity contribution < 1.29 is 24.3 Å². The van der Waals surface area contributed by atoms with Crippen molar-refractivity contribution in [1.29, 1.82) is 0 Å². The summed E-state index contributed by atoms with van der Waals surface area (Å²) in [6.07, 6.45) is 2.18. The highest BCUT2D eigenvalue weighted by Gasteiger charge is 2.30. The van der Waals surface area contributed by atoms with Crippen LogP contribution in [0.2, 0.25) is 0 Å². The van der Waals surface area contributed by atoms with Crippen molar-refractivity contribution in [1.82, 2.24) is 16.0 Å². The van der Waals surface area contributed by atoms with Gasteiger partial charge in [0, 0.05) is 0 Å². The molecule has 0 bridgehead atoms. The molecule has 0 aromatic heterocycles. The van der Waals surface area contributed by atoms with Gasteiger partial charge in [-0.15, -0.1) is 0 Å². The quantitative estimate of drug-likeness (QED) is 0.194. The van der Waals surface area contributed by atoms with Crippen molar-refractivity contribution in [3.05, 3.63) is 0 Å². The normalized spacial score (nSPS) is 14.1. The molecule has 0 saturated carbocycles. The first-order chi connectivity index (χ1) is 14.0. The van der Waals surface area contributed by atoms with Crippen molar-refractivity contribution in [2.24, 2.45) is 23.3 Å². The number of nitrogens with one attached hydrogen (secondary N) is 3. The van der Waals surface area contributed by atoms with Gasteiger partial charge in [-0.05, 0) is 50.5 Å². The summed E-state index contributed by atoms with van der Waals surface area (Å²) in [4.78, 5) is 48.7. The molecule has 0 radical (unpaired) electrons. The molecule has 0 aromatic carbocycles. The maximum atomic E-state index is 12.8. The molecule has 10 heteroatoms. The van der Waals surface area contributed by atoms with Crippen LogP contribution in [0.4, 0.5) is 0 Å². The van der Waals surface area contributed by atoms with Gasteiger partial charge in [-0.1, -0.05) is 27.7 Å². The lowest BCUT2D eigenvalue weighted by Gasteiger charge is -2.26. The van der Waals surface area contributed by atoms with E-state index >= 15 is 0 Å². The third-order valence-corrected chi connectivity index (χ3v) is 4.45. The maximum Gasteiger partial charge on any atom is 0.326 e. The molecule has 0 fully saturated rings. The van der Waals surface area contributed by atoms with E-state index in [1.54, 1.807) is 0 Å². The molecule has 0 aliphatic carbocycles. The minimum Gasteiger partial charge on any atom is -0.480 e. The summed E-state index contributed by atoms with van der Waals surface area (Å²) in [6.45, 7) is 7.80. The highest BCUT2D eigenvalue weighted by Crippen LogP contribution is 2.10. The Bertz CT molecular complexity index is 568. The zero-order valence-electron chi connectivity index (χ0n) is 18.6. The molecule has 3 atom stereocenters. The van der Waals surface area contributed by atoms with Crippen LogP contribution in [0.5, 0.6) is 0 Å². The van der Waals surface area contributed by atoms with Gasteiger partial charge in [0.25, 0.3) is 0 Å². The van der Waals surface area contributed by atoms with Crippen LogP contribution in [0, 0.1) is 11.8 Å². The molecule has 0 saturated heterocycles. The third kappa shape index (κ3) is 11.7. The van der Waals surface area contributed by atoms with Crippen LogP contribution in [0.15, 0.2) is 0 Å². The van der Waals surface area contributed by atoms with E-state index in [1.807, 2.05) is 27.7 Å². The fourth-order valence-corrected chi connectivity index (χ4v) is 2.95. The second kappa shape index (κ2) is 14.7. The van der Waals surface area contributed by atoms with Crippen LogP contribution < -0.4 is 27.4 Å². The van der Waals surface area contributed by atoms with Gasteiger partial charge >= 0.3 is 5.97 Å². The molecule has 8 N–H and O–H groups in total. The van der Waals surface area contributed by atoms with Gasteiger partial charge in [-0.25, -0.2) is 4.79 Å². The van der Waals surface area contributed by atoms with Crippen molar-refractivity contribution in [2.45, 2.75) is 77.9 Å². The van der Waals surface area contributed by atoms with Gasteiger partial charge in [-0.3, -0.25) is 14.4 Å². The van der Waals surface area contributed by atoms with Crippen LogP contribution in [0.1, 0.15) is 59.8 Å². The Kier molecular flexibility index (Phi) is 13.7. The number of amides is 3. The summed E-state index contributed by atoms with van der Waals surface area (Å²) < 4.78 is 0. The lowest BCUT2D eigenvalue weighted by Crippen LogP contribution is -2.56. The average Bonchev–Trinajstić information content (AvgIpc) is 2.64. The van der Waals surface area contributed by atoms with Crippen LogP contribution in [0.3, 0.4) is 0 Å². The second-order valence-electron chi connectivity index (χ2n) is 8.33. The monoisotopic (exact) mass is 429 g/mol. The van der Waals surface area contributed by atoms with Crippen LogP contribution in [-0.2, 0) is 19.2 Å². The molecule has 0 rings (SSSR count). The minimum atomic E-state index is -1.14. The number of carbonyl (C=O) groups is 4. The van der Waals surface area contributed by atoms with Gasteiger partial charge in [0.05, 0.1) is 6.54 Å². The molecule has 174 valence electrons. The van der Waals surface area contributed by atoms with Crippen molar-refractivity contribution in [3.63, 3.8) is 0 Å². The third-order valence-electron chi connectivity index (χ3n) is 4.45. The highest BCUT2D eigenvalue weighted by atomic mass is 16.4. The molecular formula is C20H39N5O5. The summed E-state index contributed by atoms with van der Waals surface area (Å²) in [5.41, 5.74) is 10.8. The van der Waals surface area contributed by atoms with Gasteiger partial charge in [0.2, 0.25) is 17.7 Å². The summed E-state index contributed by atoms with van der Waals surface area (Å²) in [5.74, 6) is -2.47. The van der Waals surface area contributed by atoms with E-state index in [0.717, 1.165) is 0 Å². The predicted octanol–water partition coefficient (Wildman–Crippen LogP) is -0.295. The molecule has 0 heterocycles. The topological polar surface area (TPSA) is 177 Å². The number of rotatable bonds is 15. The molecule has 3 unspecified atom stereocenters. The first-order valence-electron chi connectivity index (χ1n) is 10.5. The molecule has 0 aromatic rings. The smallest absolute Gasteiger partial charge is 0.326 e. The number of hydrogen-bond donors (Lipinski definition) is 6. The van der Waals surface area contributed by atoms with E-state index in [4.69, 9.17) is 11.5 Å². The van der Waals surface area contributed by atoms with Crippen LogP contribution in [0.25, 0.3) is 0 Å². The highest BCUT2D eigenvalue weighted by molar-refractivity contribution is 5.93. The first-order valence-corrected chi connectivity index (χ1v) is 10.5. The molecule has 0 aliphatic heterocycles. The zero-order chi connectivity index (χ0) is 23.3. The van der Waals surface area contributed by atoms with E-state index in [1.165, 1.54) is 0 Å². The Balaban J connectivity index is 5.29. The van der Waals surface area contributed by atoms with Gasteiger partial charge in [-0.2, -0.15) is 0 Å². The number of unbranched alkanes of at least 4 members (excludes halogenated alkanes) is 1. The maximum absolute atomic E-state index is 12.8. The summed E-state index contributed by atoms with van der Waals surface area (Å²) >= 11 is 0. The number of carboxylic acids is 1. The largest absolute Gasteiger partial charge is 0.480 e. The molecule has 30 heavy (non-hydrogen) atoms. The lowest BCUT2D eigenvalue weighted by molar-refractivity contribution is -0.142. The summed E-state index contributed by atoms with van der Waals surface area (Å²) in [6, 6.07) is -2.80. The summed E-state index contributed by atoms with van der Waals surface area (Å²) in [5, 5.41) is 17.2. The van der Waals surface area contributed by atoms with E-state index in [0.29, 0.717) is 32.2 Å². The molecule has 0 aliphatic rings. The van der Waals surface area contributed by atoms with E-state index in [2.05, 4.69) is 16.0 Å². The molecule has 0 spiro atoms. The fraction of sp³-hybridized carbons (Fsp3) is 0.800. The van der Waals surface area contributed by atoms with Gasteiger partial charge < -0.3 is 32.5 Å². The molecule has 10 nitrogen and oxygen atoms in total. The van der Waals surface area contributed by atoms with Crippen molar-refractivity contribution in [3.8, 4) is 0 Å². The van der Waals surface area contributed by atoms with Crippen LogP contribution >= 0.6 is 0 Å².